The first kappa shape index (κ1) is 92.0. The molecule has 3 saturated heterocycles. The number of allylic oxidation sites excluding steroid dienone is 7. The summed E-state index contributed by atoms with van der Waals surface area (Å²) in [7, 11) is 0. The Kier molecular flexibility index (Phi) is 56.9. The molecule has 0 aromatic carbocycles. The SMILES string of the molecule is CCCCCCC/C=C\C/C=C\CCCCCCCCCCCCCCCCCCCCCC(=O)NC(COC1OC(CO)C(OC2OC(CO)C(OC3OC(CO)C(O)C(O)C3O)C(O)C2O)C(O)C1O)C(O)/C=C/CC/C=C/CCCCCCCCCCCCCCCCCCCC. The molecule has 100 heavy (non-hydrogen) atoms. The van der Waals surface area contributed by atoms with Gasteiger partial charge in [-0.25, -0.2) is 0 Å². The van der Waals surface area contributed by atoms with Crippen LogP contribution in [-0.4, -0.2) is 193 Å². The van der Waals surface area contributed by atoms with Crippen LogP contribution in [0.5, 0.6) is 0 Å². The Labute approximate surface area is 605 Å². The van der Waals surface area contributed by atoms with Crippen LogP contribution in [0.2, 0.25) is 0 Å². The van der Waals surface area contributed by atoms with Crippen molar-refractivity contribution in [1.29, 1.82) is 0 Å². The zero-order valence-electron chi connectivity index (χ0n) is 62.7. The molecule has 0 aromatic rings. The van der Waals surface area contributed by atoms with Crippen molar-refractivity contribution in [3.63, 3.8) is 0 Å². The lowest BCUT2D eigenvalue weighted by Gasteiger charge is -2.48. The van der Waals surface area contributed by atoms with Crippen molar-refractivity contribution in [1.82, 2.24) is 5.32 Å². The highest BCUT2D eigenvalue weighted by Gasteiger charge is 2.54. The molecule has 0 aromatic heterocycles. The molecular formula is C81H149NO18. The average Bonchev–Trinajstić information content (AvgIpc) is 0.783. The van der Waals surface area contributed by atoms with Crippen molar-refractivity contribution in [3.05, 3.63) is 48.6 Å². The number of aliphatic hydroxyl groups is 11. The van der Waals surface area contributed by atoms with E-state index in [4.69, 9.17) is 28.4 Å². The molecule has 12 N–H and O–H groups in total. The van der Waals surface area contributed by atoms with Gasteiger partial charge in [-0.15, -0.1) is 0 Å². The van der Waals surface area contributed by atoms with Crippen LogP contribution in [0.3, 0.4) is 0 Å². The van der Waals surface area contributed by atoms with Gasteiger partial charge >= 0.3 is 0 Å². The van der Waals surface area contributed by atoms with Gasteiger partial charge in [-0.05, 0) is 64.2 Å². The maximum absolute atomic E-state index is 13.5. The summed E-state index contributed by atoms with van der Waals surface area (Å²) in [5, 5.41) is 121. The molecule has 0 radical (unpaired) electrons. The predicted molar refractivity (Wildman–Crippen MR) is 397 cm³/mol. The standard InChI is InChI=1S/C81H149NO18/c1-3-5-7-9-11-13-15-17-19-21-23-25-27-29-30-31-32-33-34-35-37-39-41-43-45-47-49-51-53-55-57-59-69(87)82-64(65(86)58-56-54-52-50-48-46-44-42-40-38-36-28-26-24-22-20-18-16-14-12-10-8-6-4-2)63-95-79-75(93)72(90)77(67(61-84)97-79)100-81-76(94)73(91)78(68(62-85)98-81)99-80-74(92)71(89)70(88)66(60-83)96-80/h15,17,21,23,48,50,56,58,64-68,70-81,83-86,88-94H,3-14,16,18-20,22,24-47,49,51-55,57,59-63H2,1-2H3,(H,82,87)/b17-15-,23-21-,50-48+,58-56+. The Bertz CT molecular complexity index is 1990. The highest BCUT2D eigenvalue weighted by Crippen LogP contribution is 2.33. The van der Waals surface area contributed by atoms with Gasteiger partial charge in [0.25, 0.3) is 0 Å². The van der Waals surface area contributed by atoms with Gasteiger partial charge in [0.2, 0.25) is 5.91 Å². The number of rotatable bonds is 65. The quantitative estimate of drug-likeness (QED) is 0.0199. The van der Waals surface area contributed by atoms with Gasteiger partial charge in [0.15, 0.2) is 18.9 Å². The molecule has 3 fully saturated rings. The number of carbonyl (C=O) groups is 1. The third-order valence-corrected chi connectivity index (χ3v) is 20.3. The van der Waals surface area contributed by atoms with E-state index in [1.54, 1.807) is 6.08 Å². The van der Waals surface area contributed by atoms with Crippen molar-refractivity contribution in [2.24, 2.45) is 0 Å². The van der Waals surface area contributed by atoms with Crippen molar-refractivity contribution in [2.45, 2.75) is 433 Å². The topological polar surface area (TPSA) is 307 Å². The largest absolute Gasteiger partial charge is 0.394 e. The Hall–Kier alpha value is -2.25. The Morgan fingerprint density at radius 3 is 1.06 bits per heavy atom. The zero-order valence-corrected chi connectivity index (χ0v) is 62.7. The lowest BCUT2D eigenvalue weighted by Crippen LogP contribution is -2.66. The van der Waals surface area contributed by atoms with Crippen molar-refractivity contribution in [3.8, 4) is 0 Å². The minimum Gasteiger partial charge on any atom is -0.394 e. The number of nitrogens with one attached hydrogen (secondary N) is 1. The Balaban J connectivity index is 1.37. The molecule has 19 nitrogen and oxygen atoms in total. The summed E-state index contributed by atoms with van der Waals surface area (Å²) < 4.78 is 34.4. The number of ether oxygens (including phenoxy) is 6. The predicted octanol–water partition coefficient (Wildman–Crippen LogP) is 13.7. The second kappa shape index (κ2) is 61.9. The summed E-state index contributed by atoms with van der Waals surface area (Å²) in [5.74, 6) is -0.280. The monoisotopic (exact) mass is 1420 g/mol. The molecule has 3 aliphatic heterocycles. The minimum absolute atomic E-state index is 0.238. The van der Waals surface area contributed by atoms with Crippen LogP contribution in [0.1, 0.15) is 328 Å². The van der Waals surface area contributed by atoms with Crippen LogP contribution >= 0.6 is 0 Å². The van der Waals surface area contributed by atoms with E-state index in [9.17, 15) is 61.0 Å². The van der Waals surface area contributed by atoms with Gasteiger partial charge in [0.1, 0.15) is 73.2 Å². The number of hydrogen-bond donors (Lipinski definition) is 12. The number of aliphatic hydroxyl groups excluding tert-OH is 11. The first-order valence-corrected chi connectivity index (χ1v) is 40.9. The van der Waals surface area contributed by atoms with E-state index >= 15 is 0 Å². The maximum Gasteiger partial charge on any atom is 0.220 e. The fraction of sp³-hybridized carbons (Fsp3) is 0.889. The van der Waals surface area contributed by atoms with Crippen LogP contribution < -0.4 is 5.32 Å². The van der Waals surface area contributed by atoms with Crippen LogP contribution in [-0.2, 0) is 33.2 Å². The number of unbranched alkanes of at least 4 members (excludes halogenated alkanes) is 43. The first-order chi connectivity index (χ1) is 48.8. The molecule has 19 heteroatoms. The summed E-state index contributed by atoms with van der Waals surface area (Å²) in [6.07, 6.45) is 51.0. The summed E-state index contributed by atoms with van der Waals surface area (Å²) in [5.41, 5.74) is 0. The molecule has 3 aliphatic rings. The van der Waals surface area contributed by atoms with Gasteiger partial charge in [-0.3, -0.25) is 4.79 Å². The second-order valence-electron chi connectivity index (χ2n) is 29.2. The maximum atomic E-state index is 13.5. The Morgan fingerprint density at radius 1 is 0.360 bits per heavy atom. The van der Waals surface area contributed by atoms with Gasteiger partial charge in [0, 0.05) is 6.42 Å². The van der Waals surface area contributed by atoms with E-state index in [2.05, 4.69) is 55.6 Å². The number of hydrogen-bond acceptors (Lipinski definition) is 18. The van der Waals surface area contributed by atoms with Crippen molar-refractivity contribution >= 4 is 5.91 Å². The smallest absolute Gasteiger partial charge is 0.220 e. The third-order valence-electron chi connectivity index (χ3n) is 20.3. The summed E-state index contributed by atoms with van der Waals surface area (Å²) in [6, 6.07) is -0.991. The van der Waals surface area contributed by atoms with Crippen molar-refractivity contribution in [2.75, 3.05) is 26.4 Å². The first-order valence-electron chi connectivity index (χ1n) is 40.9. The van der Waals surface area contributed by atoms with Crippen LogP contribution in [0, 0.1) is 0 Å². The molecule has 0 aliphatic carbocycles. The van der Waals surface area contributed by atoms with Gasteiger partial charge in [0.05, 0.1) is 38.6 Å². The van der Waals surface area contributed by atoms with E-state index in [0.29, 0.717) is 12.8 Å². The van der Waals surface area contributed by atoms with E-state index in [1.807, 2.05) is 6.08 Å². The number of amides is 1. The third kappa shape index (κ3) is 41.6. The highest BCUT2D eigenvalue weighted by molar-refractivity contribution is 5.76. The van der Waals surface area contributed by atoms with Crippen molar-refractivity contribution < 1.29 is 89.4 Å². The lowest BCUT2D eigenvalue weighted by molar-refractivity contribution is -0.379. The molecule has 0 bridgehead atoms. The second-order valence-corrected chi connectivity index (χ2v) is 29.2. The fourth-order valence-corrected chi connectivity index (χ4v) is 13.8. The van der Waals surface area contributed by atoms with E-state index < -0.39 is 124 Å². The molecular weight excluding hydrogens is 1270 g/mol. The van der Waals surface area contributed by atoms with E-state index in [-0.39, 0.29) is 18.9 Å². The lowest BCUT2D eigenvalue weighted by atomic mass is 9.96. The Morgan fingerprint density at radius 2 is 0.670 bits per heavy atom. The molecule has 3 heterocycles. The van der Waals surface area contributed by atoms with E-state index in [1.165, 1.54) is 250 Å². The average molecular weight is 1430 g/mol. The summed E-state index contributed by atoms with van der Waals surface area (Å²) >= 11 is 0. The highest BCUT2D eigenvalue weighted by atomic mass is 16.8. The van der Waals surface area contributed by atoms with E-state index in [0.717, 1.165) is 44.9 Å². The minimum atomic E-state index is -1.98. The molecule has 17 unspecified atom stereocenters. The fourth-order valence-electron chi connectivity index (χ4n) is 13.8. The number of carbonyl (C=O) groups excluding carboxylic acids is 1. The molecule has 0 saturated carbocycles. The van der Waals surface area contributed by atoms with Crippen LogP contribution in [0.4, 0.5) is 0 Å². The normalized spacial score (nSPS) is 26.7. The van der Waals surface area contributed by atoms with Gasteiger partial charge < -0.3 is 89.9 Å². The van der Waals surface area contributed by atoms with Gasteiger partial charge in [-0.1, -0.05) is 306 Å². The molecule has 3 rings (SSSR count). The molecule has 17 atom stereocenters. The molecule has 1 amide bonds. The molecule has 586 valence electrons. The van der Waals surface area contributed by atoms with Crippen LogP contribution in [0.15, 0.2) is 48.6 Å². The van der Waals surface area contributed by atoms with Crippen LogP contribution in [0.25, 0.3) is 0 Å². The summed E-state index contributed by atoms with van der Waals surface area (Å²) in [6.45, 7) is 1.75. The zero-order chi connectivity index (χ0) is 72.5. The summed E-state index contributed by atoms with van der Waals surface area (Å²) in [4.78, 5) is 13.5. The van der Waals surface area contributed by atoms with Gasteiger partial charge in [-0.2, -0.15) is 0 Å². The molecule has 0 spiro atoms.